The van der Waals surface area contributed by atoms with E-state index in [-0.39, 0.29) is 11.5 Å². The number of Topliss-reactive ketones (excluding diaryl/α,β-unsaturated/α-hetero) is 1. The molecular weight excluding hydrogens is 362 g/mol. The predicted octanol–water partition coefficient (Wildman–Crippen LogP) is 4.15. The largest absolute Gasteiger partial charge is 0.435 e. The molecule has 0 aliphatic rings. The SMILES string of the molecule is O=C(CCBr)c1ccc(OC(F)F)cc1CBr. The monoisotopic (exact) mass is 370 g/mol. The minimum Gasteiger partial charge on any atom is -0.435 e. The molecule has 0 aliphatic heterocycles. The fourth-order valence-corrected chi connectivity index (χ4v) is 2.17. The van der Waals surface area contributed by atoms with Crippen LogP contribution >= 0.6 is 31.9 Å². The maximum absolute atomic E-state index is 12.0. The van der Waals surface area contributed by atoms with E-state index in [1.165, 1.54) is 18.2 Å². The number of benzene rings is 1. The third-order valence-electron chi connectivity index (χ3n) is 2.07. The van der Waals surface area contributed by atoms with Crippen molar-refractivity contribution < 1.29 is 18.3 Å². The number of ketones is 1. The van der Waals surface area contributed by atoms with E-state index in [2.05, 4.69) is 36.6 Å². The van der Waals surface area contributed by atoms with Crippen molar-refractivity contribution in [3.05, 3.63) is 29.3 Å². The molecule has 0 unspecified atom stereocenters. The highest BCUT2D eigenvalue weighted by molar-refractivity contribution is 9.09. The molecule has 0 heterocycles. The standard InChI is InChI=1S/C11H10Br2F2O2/c12-4-3-10(16)9-2-1-8(17-11(14)15)5-7(9)6-13/h1-2,5,11H,3-4,6H2. The molecule has 1 aromatic carbocycles. The van der Waals surface area contributed by atoms with Crippen LogP contribution in [0.25, 0.3) is 0 Å². The first-order valence-electron chi connectivity index (χ1n) is 4.81. The Balaban J connectivity index is 2.96. The van der Waals surface area contributed by atoms with Gasteiger partial charge in [-0.05, 0) is 23.8 Å². The zero-order chi connectivity index (χ0) is 12.8. The quantitative estimate of drug-likeness (QED) is 0.554. The summed E-state index contributed by atoms with van der Waals surface area (Å²) in [6.07, 6.45) is 0.370. The number of halogens is 4. The van der Waals surface area contributed by atoms with Gasteiger partial charge in [-0.15, -0.1) is 0 Å². The number of hydrogen-bond acceptors (Lipinski definition) is 2. The van der Waals surface area contributed by atoms with Crippen molar-refractivity contribution in [2.45, 2.75) is 18.4 Å². The van der Waals surface area contributed by atoms with Crippen molar-refractivity contribution in [3.63, 3.8) is 0 Å². The maximum Gasteiger partial charge on any atom is 0.387 e. The van der Waals surface area contributed by atoms with Gasteiger partial charge in [0.25, 0.3) is 0 Å². The van der Waals surface area contributed by atoms with Crippen molar-refractivity contribution in [1.82, 2.24) is 0 Å². The fraction of sp³-hybridized carbons (Fsp3) is 0.364. The zero-order valence-corrected chi connectivity index (χ0v) is 11.9. The van der Waals surface area contributed by atoms with Crippen LogP contribution in [0.15, 0.2) is 18.2 Å². The van der Waals surface area contributed by atoms with Crippen molar-refractivity contribution in [1.29, 1.82) is 0 Å². The van der Waals surface area contributed by atoms with Gasteiger partial charge in [-0.2, -0.15) is 8.78 Å². The molecule has 0 saturated carbocycles. The van der Waals surface area contributed by atoms with E-state index in [1.807, 2.05) is 0 Å². The molecule has 0 amide bonds. The second-order valence-electron chi connectivity index (χ2n) is 3.19. The smallest absolute Gasteiger partial charge is 0.387 e. The first-order valence-corrected chi connectivity index (χ1v) is 7.05. The summed E-state index contributed by atoms with van der Waals surface area (Å²) in [5.41, 5.74) is 1.18. The number of alkyl halides is 4. The molecule has 0 spiro atoms. The summed E-state index contributed by atoms with van der Waals surface area (Å²) >= 11 is 6.41. The van der Waals surface area contributed by atoms with Gasteiger partial charge in [0, 0.05) is 22.6 Å². The van der Waals surface area contributed by atoms with E-state index < -0.39 is 6.61 Å². The van der Waals surface area contributed by atoms with Crippen LogP contribution in [0.1, 0.15) is 22.3 Å². The Kier molecular flexibility index (Phi) is 6.05. The molecule has 0 radical (unpaired) electrons. The number of rotatable bonds is 6. The minimum absolute atomic E-state index is 0.0279. The minimum atomic E-state index is -2.86. The maximum atomic E-state index is 12.0. The lowest BCUT2D eigenvalue weighted by molar-refractivity contribution is -0.0498. The average molecular weight is 372 g/mol. The Morgan fingerprint density at radius 2 is 2.06 bits per heavy atom. The van der Waals surface area contributed by atoms with Crippen LogP contribution in [-0.4, -0.2) is 17.7 Å². The van der Waals surface area contributed by atoms with E-state index in [1.54, 1.807) is 0 Å². The van der Waals surface area contributed by atoms with Crippen molar-refractivity contribution >= 4 is 37.6 Å². The van der Waals surface area contributed by atoms with Gasteiger partial charge in [-0.1, -0.05) is 31.9 Å². The molecule has 0 bridgehead atoms. The second kappa shape index (κ2) is 7.06. The third-order valence-corrected chi connectivity index (χ3v) is 3.07. The normalized spacial score (nSPS) is 10.6. The predicted molar refractivity (Wildman–Crippen MR) is 68.4 cm³/mol. The molecule has 17 heavy (non-hydrogen) atoms. The fourth-order valence-electron chi connectivity index (χ4n) is 1.35. The second-order valence-corrected chi connectivity index (χ2v) is 4.55. The van der Waals surface area contributed by atoms with Crippen molar-refractivity contribution in [2.75, 3.05) is 5.33 Å². The summed E-state index contributed by atoms with van der Waals surface area (Å²) in [5.74, 6) is 0.0322. The molecule has 1 aromatic rings. The van der Waals surface area contributed by atoms with Gasteiger partial charge >= 0.3 is 6.61 Å². The Hall–Kier alpha value is -0.490. The highest BCUT2D eigenvalue weighted by atomic mass is 79.9. The van der Waals surface area contributed by atoms with Crippen LogP contribution in [0.3, 0.4) is 0 Å². The molecular formula is C11H10Br2F2O2. The molecule has 0 aliphatic carbocycles. The summed E-state index contributed by atoms with van der Waals surface area (Å²) in [4.78, 5) is 11.7. The molecule has 94 valence electrons. The molecule has 0 atom stereocenters. The van der Waals surface area contributed by atoms with Crippen LogP contribution in [0.5, 0.6) is 5.75 Å². The average Bonchev–Trinajstić information content (AvgIpc) is 2.28. The highest BCUT2D eigenvalue weighted by Gasteiger charge is 2.12. The third kappa shape index (κ3) is 4.35. The summed E-state index contributed by atoms with van der Waals surface area (Å²) in [5, 5.41) is 0.986. The molecule has 0 fully saturated rings. The molecule has 1 rings (SSSR count). The molecule has 0 N–H and O–H groups in total. The topological polar surface area (TPSA) is 26.3 Å². The summed E-state index contributed by atoms with van der Waals surface area (Å²) < 4.78 is 28.3. The van der Waals surface area contributed by atoms with Crippen LogP contribution in [0.2, 0.25) is 0 Å². The Morgan fingerprint density at radius 3 is 2.59 bits per heavy atom. The van der Waals surface area contributed by atoms with Gasteiger partial charge in [0.2, 0.25) is 0 Å². The zero-order valence-electron chi connectivity index (χ0n) is 8.76. The number of ether oxygens (including phenoxy) is 1. The molecule has 0 saturated heterocycles. The van der Waals surface area contributed by atoms with Gasteiger partial charge in [0.1, 0.15) is 5.75 Å². The first-order chi connectivity index (χ1) is 8.08. The molecule has 2 nitrogen and oxygen atoms in total. The lowest BCUT2D eigenvalue weighted by atomic mass is 10.0. The van der Waals surface area contributed by atoms with Gasteiger partial charge in [-0.3, -0.25) is 4.79 Å². The summed E-state index contributed by atoms with van der Waals surface area (Å²) in [6.45, 7) is -2.86. The first kappa shape index (κ1) is 14.6. The van der Waals surface area contributed by atoms with E-state index in [0.717, 1.165) is 0 Å². The Bertz CT molecular complexity index is 397. The highest BCUT2D eigenvalue weighted by Crippen LogP contribution is 2.23. The van der Waals surface area contributed by atoms with Crippen LogP contribution in [-0.2, 0) is 5.33 Å². The summed E-state index contributed by atoms with van der Waals surface area (Å²) in [7, 11) is 0. The Morgan fingerprint density at radius 1 is 1.35 bits per heavy atom. The van der Waals surface area contributed by atoms with Gasteiger partial charge < -0.3 is 4.74 Å². The van der Waals surface area contributed by atoms with Crippen LogP contribution in [0, 0.1) is 0 Å². The van der Waals surface area contributed by atoms with Crippen LogP contribution < -0.4 is 4.74 Å². The van der Waals surface area contributed by atoms with Gasteiger partial charge in [0.15, 0.2) is 5.78 Å². The number of carbonyl (C=O) groups is 1. The number of hydrogen-bond donors (Lipinski definition) is 0. The van der Waals surface area contributed by atoms with Gasteiger partial charge in [-0.25, -0.2) is 0 Å². The Labute approximate surface area is 115 Å². The van der Waals surface area contributed by atoms with E-state index >= 15 is 0 Å². The lowest BCUT2D eigenvalue weighted by Gasteiger charge is -2.09. The van der Waals surface area contributed by atoms with E-state index in [4.69, 9.17) is 0 Å². The molecule has 0 aromatic heterocycles. The van der Waals surface area contributed by atoms with E-state index in [9.17, 15) is 13.6 Å². The molecule has 6 heteroatoms. The van der Waals surface area contributed by atoms with Crippen LogP contribution in [0.4, 0.5) is 8.78 Å². The summed E-state index contributed by atoms with van der Waals surface area (Å²) in [6, 6.07) is 4.33. The van der Waals surface area contributed by atoms with Gasteiger partial charge in [0.05, 0.1) is 0 Å². The number of carbonyl (C=O) groups excluding carboxylic acids is 1. The van der Waals surface area contributed by atoms with E-state index in [0.29, 0.717) is 28.2 Å². The van der Waals surface area contributed by atoms with Crippen molar-refractivity contribution in [3.8, 4) is 5.75 Å². The van der Waals surface area contributed by atoms with Crippen molar-refractivity contribution in [2.24, 2.45) is 0 Å². The lowest BCUT2D eigenvalue weighted by Crippen LogP contribution is -2.06.